The molecule has 0 spiro atoms. The number of nitrogens with zero attached hydrogens (tertiary/aromatic N) is 7. The first-order valence-electron chi connectivity index (χ1n) is 15.6. The van der Waals surface area contributed by atoms with Gasteiger partial charge in [0.25, 0.3) is 0 Å². The maximum absolute atomic E-state index is 12.9. The molecule has 46 heavy (non-hydrogen) atoms. The number of benzene rings is 1. The van der Waals surface area contributed by atoms with Crippen molar-refractivity contribution in [2.45, 2.75) is 57.5 Å². The summed E-state index contributed by atoms with van der Waals surface area (Å²) in [6, 6.07) is 10.3. The highest BCUT2D eigenvalue weighted by molar-refractivity contribution is 7.96. The van der Waals surface area contributed by atoms with Gasteiger partial charge < -0.3 is 15.0 Å². The standard InChI is InChI=1S/C32H39F3N8OS2/c1-21-22(3-4-29-27(21)13-24(16-36)43(29)18-25(19-44)41-9-11-42(45-2)12-10-41)17-40-7-5-23(6-8-40)39-30-28-14-26(15-32(33,34)35)46-31(28)38-20-37-30/h3-4,13-14,20,23,25,44H,5-12,15,17-19H2,1-2H3,(H,37,38,39). The molecule has 2 fully saturated rings. The average Bonchev–Trinajstić information content (AvgIpc) is 3.62. The van der Waals surface area contributed by atoms with Crippen molar-refractivity contribution in [3.63, 3.8) is 0 Å². The number of hydrogen-bond acceptors (Lipinski definition) is 10. The first-order chi connectivity index (χ1) is 22.1. The van der Waals surface area contributed by atoms with Gasteiger partial charge in [0.05, 0.1) is 24.5 Å². The molecule has 4 aromatic rings. The van der Waals surface area contributed by atoms with Gasteiger partial charge in [-0.15, -0.1) is 11.3 Å². The molecule has 0 amide bonds. The van der Waals surface area contributed by atoms with E-state index >= 15 is 0 Å². The first kappa shape index (κ1) is 33.0. The topological polar surface area (TPSA) is 96.5 Å². The molecule has 1 unspecified atom stereocenters. The van der Waals surface area contributed by atoms with Crippen LogP contribution in [0.4, 0.5) is 19.0 Å². The van der Waals surface area contributed by atoms with Crippen molar-refractivity contribution in [2.75, 3.05) is 57.4 Å². The summed E-state index contributed by atoms with van der Waals surface area (Å²) in [6.07, 6.45) is 0.0527. The van der Waals surface area contributed by atoms with E-state index in [4.69, 9.17) is 0 Å². The van der Waals surface area contributed by atoms with Crippen molar-refractivity contribution in [2.24, 2.45) is 0 Å². The molecular formula is C32H39F3N8OS2. The SMILES string of the molecule is CSN1CCN(C(CO)Cn2c(C#N)cc3c(C)c(CN4CCC(Nc5ncnc6sc(CC(F)(F)F)cc56)CC4)ccc32)CC1. The summed E-state index contributed by atoms with van der Waals surface area (Å²) in [6.45, 7) is 8.96. The molecule has 2 aliphatic heterocycles. The van der Waals surface area contributed by atoms with Crippen molar-refractivity contribution in [1.29, 1.82) is 5.26 Å². The number of alkyl halides is 3. The molecule has 0 saturated carbocycles. The molecule has 0 radical (unpaired) electrons. The maximum atomic E-state index is 12.9. The third kappa shape index (κ3) is 7.30. The Morgan fingerprint density at radius 1 is 1.11 bits per heavy atom. The Balaban J connectivity index is 1.10. The van der Waals surface area contributed by atoms with Crippen LogP contribution in [0.5, 0.6) is 0 Å². The molecule has 2 N–H and O–H groups in total. The maximum Gasteiger partial charge on any atom is 0.393 e. The van der Waals surface area contributed by atoms with E-state index in [0.717, 1.165) is 86.5 Å². The lowest BCUT2D eigenvalue weighted by molar-refractivity contribution is -0.126. The molecule has 246 valence electrons. The largest absolute Gasteiger partial charge is 0.395 e. The summed E-state index contributed by atoms with van der Waals surface area (Å²) in [5.74, 6) is 0.595. The lowest BCUT2D eigenvalue weighted by Crippen LogP contribution is -2.50. The van der Waals surface area contributed by atoms with Crippen LogP contribution in [-0.2, 0) is 19.5 Å². The van der Waals surface area contributed by atoms with Crippen LogP contribution in [0, 0.1) is 18.3 Å². The van der Waals surface area contributed by atoms with Gasteiger partial charge in [0, 0.05) is 74.2 Å². The van der Waals surface area contributed by atoms with Crippen LogP contribution < -0.4 is 5.32 Å². The number of nitriles is 1. The number of hydrogen-bond donors (Lipinski definition) is 2. The van der Waals surface area contributed by atoms with Gasteiger partial charge in [-0.05, 0) is 55.3 Å². The molecule has 14 heteroatoms. The number of piperazine rings is 1. The van der Waals surface area contributed by atoms with Gasteiger partial charge in [0.15, 0.2) is 0 Å². The number of thiophene rings is 1. The monoisotopic (exact) mass is 672 g/mol. The summed E-state index contributed by atoms with van der Waals surface area (Å²) in [7, 11) is 0. The molecule has 1 atom stereocenters. The minimum Gasteiger partial charge on any atom is -0.395 e. The predicted molar refractivity (Wildman–Crippen MR) is 178 cm³/mol. The number of piperidine rings is 1. The van der Waals surface area contributed by atoms with E-state index in [2.05, 4.69) is 65.3 Å². The number of aryl methyl sites for hydroxylation is 1. The minimum atomic E-state index is -4.26. The molecule has 6 rings (SSSR count). The van der Waals surface area contributed by atoms with Gasteiger partial charge >= 0.3 is 6.18 Å². The molecule has 0 bridgehead atoms. The van der Waals surface area contributed by atoms with Crippen molar-refractivity contribution < 1.29 is 18.3 Å². The number of aliphatic hydroxyl groups is 1. The normalized spacial score (nSPS) is 18.4. The highest BCUT2D eigenvalue weighted by Gasteiger charge is 2.30. The number of aliphatic hydroxyl groups excluding tert-OH is 1. The second-order valence-electron chi connectivity index (χ2n) is 12.2. The number of halogens is 3. The van der Waals surface area contributed by atoms with E-state index < -0.39 is 12.6 Å². The fourth-order valence-corrected chi connectivity index (χ4v) is 8.26. The molecule has 0 aliphatic carbocycles. The van der Waals surface area contributed by atoms with Crippen LogP contribution in [-0.4, -0.2) is 104 Å². The van der Waals surface area contributed by atoms with Gasteiger partial charge in [-0.2, -0.15) is 18.4 Å². The Labute approximate surface area is 275 Å². The number of nitrogens with one attached hydrogen (secondary N) is 1. The van der Waals surface area contributed by atoms with Gasteiger partial charge in [0.2, 0.25) is 0 Å². The summed E-state index contributed by atoms with van der Waals surface area (Å²) in [4.78, 5) is 14.1. The number of likely N-dealkylation sites (tertiary alicyclic amines) is 1. The van der Waals surface area contributed by atoms with Crippen LogP contribution in [0.3, 0.4) is 0 Å². The van der Waals surface area contributed by atoms with Gasteiger partial charge in [-0.1, -0.05) is 18.0 Å². The zero-order valence-electron chi connectivity index (χ0n) is 26.1. The number of aromatic nitrogens is 3. The van der Waals surface area contributed by atoms with Crippen LogP contribution in [0.15, 0.2) is 30.6 Å². The third-order valence-corrected chi connectivity index (χ3v) is 11.2. The van der Waals surface area contributed by atoms with Gasteiger partial charge in [0.1, 0.15) is 28.7 Å². The second kappa shape index (κ2) is 14.0. The summed E-state index contributed by atoms with van der Waals surface area (Å²) >= 11 is 2.82. The van der Waals surface area contributed by atoms with Crippen LogP contribution in [0.25, 0.3) is 21.1 Å². The van der Waals surface area contributed by atoms with E-state index in [1.165, 1.54) is 11.9 Å². The summed E-state index contributed by atoms with van der Waals surface area (Å²) in [5, 5.41) is 25.5. The van der Waals surface area contributed by atoms with Gasteiger partial charge in [-0.25, -0.2) is 14.3 Å². The highest BCUT2D eigenvalue weighted by atomic mass is 32.2. The van der Waals surface area contributed by atoms with Crippen molar-refractivity contribution in [3.05, 3.63) is 52.3 Å². The van der Waals surface area contributed by atoms with Crippen molar-refractivity contribution in [1.82, 2.24) is 28.6 Å². The van der Waals surface area contributed by atoms with Crippen LogP contribution in [0.1, 0.15) is 34.5 Å². The average molecular weight is 673 g/mol. The fourth-order valence-electron chi connectivity index (χ4n) is 6.71. The number of anilines is 1. The molecular weight excluding hydrogens is 634 g/mol. The van der Waals surface area contributed by atoms with Gasteiger partial charge in [-0.3, -0.25) is 9.80 Å². The van der Waals surface area contributed by atoms with Crippen molar-refractivity contribution >= 4 is 50.2 Å². The number of rotatable bonds is 10. The Morgan fingerprint density at radius 2 is 1.87 bits per heavy atom. The zero-order valence-corrected chi connectivity index (χ0v) is 27.7. The van der Waals surface area contributed by atoms with E-state index in [9.17, 15) is 23.5 Å². The van der Waals surface area contributed by atoms with E-state index in [1.807, 2.05) is 6.07 Å². The Hall–Kier alpha value is -2.93. The van der Waals surface area contributed by atoms with E-state index in [1.54, 1.807) is 18.0 Å². The Kier molecular flexibility index (Phi) is 10.1. The van der Waals surface area contributed by atoms with Crippen molar-refractivity contribution in [3.8, 4) is 6.07 Å². The van der Waals surface area contributed by atoms with E-state index in [-0.39, 0.29) is 23.6 Å². The predicted octanol–water partition coefficient (Wildman–Crippen LogP) is 5.26. The fraction of sp³-hybridized carbons (Fsp3) is 0.531. The smallest absolute Gasteiger partial charge is 0.393 e. The third-order valence-electron chi connectivity index (χ3n) is 9.31. The quantitative estimate of drug-likeness (QED) is 0.219. The molecule has 2 aliphatic rings. The highest BCUT2D eigenvalue weighted by Crippen LogP contribution is 2.33. The van der Waals surface area contributed by atoms with Crippen LogP contribution >= 0.6 is 23.3 Å². The lowest BCUT2D eigenvalue weighted by atomic mass is 10.0. The molecule has 5 heterocycles. The first-order valence-corrected chi connectivity index (χ1v) is 17.6. The summed E-state index contributed by atoms with van der Waals surface area (Å²) < 4.78 is 43.2. The summed E-state index contributed by atoms with van der Waals surface area (Å²) in [5.41, 5.74) is 4.02. The molecule has 3 aromatic heterocycles. The van der Waals surface area contributed by atoms with Crippen LogP contribution in [0.2, 0.25) is 0 Å². The van der Waals surface area contributed by atoms with E-state index in [0.29, 0.717) is 28.3 Å². The Bertz CT molecular complexity index is 1700. The lowest BCUT2D eigenvalue weighted by Gasteiger charge is -2.38. The minimum absolute atomic E-state index is 0.0418. The molecule has 1 aromatic carbocycles. The molecule has 9 nitrogen and oxygen atoms in total. The number of fused-ring (bicyclic) bond motifs is 2. The second-order valence-corrected chi connectivity index (χ2v) is 14.2. The zero-order chi connectivity index (χ0) is 32.4. The molecule has 2 saturated heterocycles. The Morgan fingerprint density at radius 3 is 2.54 bits per heavy atom.